The van der Waals surface area contributed by atoms with Gasteiger partial charge < -0.3 is 19.9 Å². The molecule has 2 aromatic rings. The minimum absolute atomic E-state index is 0. The number of aromatic nitrogens is 2. The molecule has 2 saturated heterocycles. The predicted octanol–water partition coefficient (Wildman–Crippen LogP) is 1.90. The Labute approximate surface area is 177 Å². The number of imidazole rings is 1. The lowest BCUT2D eigenvalue weighted by atomic mass is 9.83. The highest BCUT2D eigenvalue weighted by Gasteiger charge is 2.40. The molecule has 2 aliphatic heterocycles. The lowest BCUT2D eigenvalue weighted by molar-refractivity contribution is -0.140. The van der Waals surface area contributed by atoms with Crippen LogP contribution < -0.4 is 5.73 Å². The van der Waals surface area contributed by atoms with Crippen molar-refractivity contribution in [2.45, 2.75) is 32.2 Å². The summed E-state index contributed by atoms with van der Waals surface area (Å²) in [6.07, 6.45) is 5.93. The van der Waals surface area contributed by atoms with Gasteiger partial charge in [0, 0.05) is 51.0 Å². The smallest absolute Gasteiger partial charge is 0.274 e. The highest BCUT2D eigenvalue weighted by molar-refractivity contribution is 5.93. The molecule has 0 aliphatic carbocycles. The van der Waals surface area contributed by atoms with Crippen molar-refractivity contribution in [3.8, 4) is 0 Å². The molecule has 0 spiro atoms. The fourth-order valence-electron chi connectivity index (χ4n) is 4.38. The molecule has 0 saturated carbocycles. The summed E-state index contributed by atoms with van der Waals surface area (Å²) in [5, 5.41) is 0. The van der Waals surface area contributed by atoms with Gasteiger partial charge >= 0.3 is 0 Å². The number of carbonyl (C=O) groups excluding carboxylic acids is 2. The van der Waals surface area contributed by atoms with Crippen LogP contribution in [0.5, 0.6) is 0 Å². The molecule has 4 heterocycles. The number of nitrogens with two attached hydrogens (primary N) is 1. The number of hydrogen-bond acceptors (Lipinski definition) is 4. The van der Waals surface area contributed by atoms with Crippen LogP contribution in [0.25, 0.3) is 5.65 Å². The number of carbonyl (C=O) groups is 2. The SMILES string of the molecule is Cc1cccn2cc(C(=O)N3CC[C@@H]4[C@@H](CCC(=O)N4CCN)C3)nc12.Cl.Cl. The van der Waals surface area contributed by atoms with Gasteiger partial charge in [0.1, 0.15) is 11.3 Å². The Hall–Kier alpha value is -1.83. The van der Waals surface area contributed by atoms with Crippen molar-refractivity contribution in [3.05, 3.63) is 35.8 Å². The van der Waals surface area contributed by atoms with E-state index < -0.39 is 0 Å². The van der Waals surface area contributed by atoms with E-state index in [1.807, 2.05) is 45.7 Å². The Morgan fingerprint density at radius 2 is 2.11 bits per heavy atom. The van der Waals surface area contributed by atoms with Gasteiger partial charge in [0.2, 0.25) is 5.91 Å². The maximum atomic E-state index is 13.0. The summed E-state index contributed by atoms with van der Waals surface area (Å²) in [6.45, 7) is 4.43. The highest BCUT2D eigenvalue weighted by Crippen LogP contribution is 2.31. The zero-order valence-electron chi connectivity index (χ0n) is 15.9. The number of amides is 2. The van der Waals surface area contributed by atoms with Crippen LogP contribution in [0.1, 0.15) is 35.3 Å². The molecule has 9 heteroatoms. The van der Waals surface area contributed by atoms with E-state index in [-0.39, 0.29) is 42.7 Å². The van der Waals surface area contributed by atoms with Crippen molar-refractivity contribution in [2.24, 2.45) is 11.7 Å². The number of hydrogen-bond donors (Lipinski definition) is 1. The molecule has 2 aliphatic rings. The van der Waals surface area contributed by atoms with Crippen LogP contribution in [0.4, 0.5) is 0 Å². The number of likely N-dealkylation sites (tertiary alicyclic amines) is 2. The summed E-state index contributed by atoms with van der Waals surface area (Å²) in [5.74, 6) is 0.511. The molecule has 7 nitrogen and oxygen atoms in total. The zero-order chi connectivity index (χ0) is 18.3. The molecule has 0 aromatic carbocycles. The molecular formula is C19H27Cl2N5O2. The van der Waals surface area contributed by atoms with Gasteiger partial charge in [-0.3, -0.25) is 9.59 Å². The minimum Gasteiger partial charge on any atom is -0.338 e. The largest absolute Gasteiger partial charge is 0.338 e. The number of aryl methyl sites for hydroxylation is 1. The number of fused-ring (bicyclic) bond motifs is 2. The Morgan fingerprint density at radius 1 is 1.32 bits per heavy atom. The Bertz CT molecular complexity index is 856. The molecule has 2 fully saturated rings. The number of pyridine rings is 1. The Morgan fingerprint density at radius 3 is 2.82 bits per heavy atom. The average molecular weight is 428 g/mol. The minimum atomic E-state index is -0.0196. The van der Waals surface area contributed by atoms with E-state index in [4.69, 9.17) is 5.73 Å². The number of nitrogens with zero attached hydrogens (tertiary/aromatic N) is 4. The molecule has 154 valence electrons. The monoisotopic (exact) mass is 427 g/mol. The lowest BCUT2D eigenvalue weighted by Crippen LogP contribution is -2.57. The van der Waals surface area contributed by atoms with Gasteiger partial charge in [-0.2, -0.15) is 0 Å². The summed E-state index contributed by atoms with van der Waals surface area (Å²) >= 11 is 0. The van der Waals surface area contributed by atoms with E-state index in [1.165, 1.54) is 0 Å². The number of piperidine rings is 2. The third kappa shape index (κ3) is 3.97. The number of halogens is 2. The summed E-state index contributed by atoms with van der Waals surface area (Å²) in [5.41, 5.74) is 8.04. The van der Waals surface area contributed by atoms with Crippen LogP contribution in [-0.4, -0.2) is 63.2 Å². The van der Waals surface area contributed by atoms with Gasteiger partial charge in [-0.05, 0) is 37.3 Å². The van der Waals surface area contributed by atoms with E-state index in [9.17, 15) is 9.59 Å². The average Bonchev–Trinajstić information content (AvgIpc) is 3.09. The first-order chi connectivity index (χ1) is 12.6. The Kier molecular flexibility index (Phi) is 7.31. The first-order valence-corrected chi connectivity index (χ1v) is 9.31. The molecule has 0 bridgehead atoms. The van der Waals surface area contributed by atoms with E-state index in [2.05, 4.69) is 4.98 Å². The van der Waals surface area contributed by atoms with Crippen LogP contribution >= 0.6 is 24.8 Å². The summed E-state index contributed by atoms with van der Waals surface area (Å²) in [7, 11) is 0. The van der Waals surface area contributed by atoms with Crippen LogP contribution in [0.2, 0.25) is 0 Å². The molecule has 2 N–H and O–H groups in total. The first-order valence-electron chi connectivity index (χ1n) is 9.31. The molecular weight excluding hydrogens is 401 g/mol. The van der Waals surface area contributed by atoms with Crippen molar-refractivity contribution >= 4 is 42.3 Å². The third-order valence-electron chi connectivity index (χ3n) is 5.70. The van der Waals surface area contributed by atoms with Gasteiger partial charge in [-0.25, -0.2) is 4.98 Å². The van der Waals surface area contributed by atoms with Crippen LogP contribution in [0, 0.1) is 12.8 Å². The standard InChI is InChI=1S/C19H25N5O2.2ClH/c1-13-3-2-8-22-12-15(21-18(13)22)19(26)23-9-6-16-14(11-23)4-5-17(25)24(16)10-7-20;;/h2-3,8,12,14,16H,4-7,9-11,20H2,1H3;2*1H/t14-,16+;;/m0../s1. The van der Waals surface area contributed by atoms with Crippen molar-refractivity contribution in [1.82, 2.24) is 19.2 Å². The van der Waals surface area contributed by atoms with Gasteiger partial charge in [-0.1, -0.05) is 6.07 Å². The van der Waals surface area contributed by atoms with Gasteiger partial charge in [0.05, 0.1) is 0 Å². The van der Waals surface area contributed by atoms with E-state index in [0.717, 1.165) is 24.1 Å². The van der Waals surface area contributed by atoms with Crippen molar-refractivity contribution in [2.75, 3.05) is 26.2 Å². The molecule has 2 atom stereocenters. The van der Waals surface area contributed by atoms with Crippen molar-refractivity contribution in [3.63, 3.8) is 0 Å². The maximum Gasteiger partial charge on any atom is 0.274 e. The second-order valence-electron chi connectivity index (χ2n) is 7.33. The maximum absolute atomic E-state index is 13.0. The zero-order valence-corrected chi connectivity index (χ0v) is 17.5. The van der Waals surface area contributed by atoms with E-state index in [0.29, 0.717) is 44.2 Å². The predicted molar refractivity (Wildman–Crippen MR) is 112 cm³/mol. The number of rotatable bonds is 3. The fraction of sp³-hybridized carbons (Fsp3) is 0.526. The van der Waals surface area contributed by atoms with Gasteiger partial charge in [-0.15, -0.1) is 24.8 Å². The molecule has 4 rings (SSSR count). The van der Waals surface area contributed by atoms with Gasteiger partial charge in [0.25, 0.3) is 5.91 Å². The molecule has 0 unspecified atom stereocenters. The lowest BCUT2D eigenvalue weighted by Gasteiger charge is -2.46. The molecule has 28 heavy (non-hydrogen) atoms. The van der Waals surface area contributed by atoms with Crippen molar-refractivity contribution in [1.29, 1.82) is 0 Å². The second-order valence-corrected chi connectivity index (χ2v) is 7.33. The summed E-state index contributed by atoms with van der Waals surface area (Å²) in [4.78, 5) is 33.5. The van der Waals surface area contributed by atoms with Gasteiger partial charge in [0.15, 0.2) is 0 Å². The second kappa shape index (κ2) is 9.11. The van der Waals surface area contributed by atoms with Crippen LogP contribution in [-0.2, 0) is 4.79 Å². The topological polar surface area (TPSA) is 83.9 Å². The highest BCUT2D eigenvalue weighted by atomic mass is 35.5. The summed E-state index contributed by atoms with van der Waals surface area (Å²) < 4.78 is 1.90. The molecule has 2 aromatic heterocycles. The Balaban J connectivity index is 0.00000140. The third-order valence-corrected chi connectivity index (χ3v) is 5.70. The van der Waals surface area contributed by atoms with Crippen molar-refractivity contribution < 1.29 is 9.59 Å². The quantitative estimate of drug-likeness (QED) is 0.810. The molecule has 0 radical (unpaired) electrons. The first kappa shape index (κ1) is 22.5. The van der Waals surface area contributed by atoms with E-state index in [1.54, 1.807) is 0 Å². The van der Waals surface area contributed by atoms with Crippen LogP contribution in [0.15, 0.2) is 24.5 Å². The fourth-order valence-corrected chi connectivity index (χ4v) is 4.38. The van der Waals surface area contributed by atoms with E-state index >= 15 is 0 Å². The normalized spacial score (nSPS) is 21.7. The molecule has 2 amide bonds. The van der Waals surface area contributed by atoms with Crippen LogP contribution in [0.3, 0.4) is 0 Å². The summed E-state index contributed by atoms with van der Waals surface area (Å²) in [6, 6.07) is 4.16.